The summed E-state index contributed by atoms with van der Waals surface area (Å²) in [5.74, 6) is -0.920. The van der Waals surface area contributed by atoms with E-state index in [0.29, 0.717) is 6.42 Å². The number of hydrogen-bond acceptors (Lipinski definition) is 4. The lowest BCUT2D eigenvalue weighted by Crippen LogP contribution is -1.99. The van der Waals surface area contributed by atoms with Crippen molar-refractivity contribution in [3.05, 3.63) is 71.8 Å². The highest BCUT2D eigenvalue weighted by Gasteiger charge is 2.12. The minimum atomic E-state index is -0.920. The summed E-state index contributed by atoms with van der Waals surface area (Å²) in [6.45, 7) is 0. The molecule has 0 amide bonds. The Morgan fingerprint density at radius 2 is 1.96 bits per heavy atom. The molecule has 124 valence electrons. The topological polar surface area (TPSA) is 85.8 Å². The molecule has 0 spiro atoms. The van der Waals surface area contributed by atoms with Crippen LogP contribution < -0.4 is 0 Å². The molecule has 7 heteroatoms. The predicted octanol–water partition coefficient (Wildman–Crippen LogP) is 2.44. The van der Waals surface area contributed by atoms with Gasteiger partial charge in [0.2, 0.25) is 0 Å². The van der Waals surface area contributed by atoms with E-state index in [2.05, 4.69) is 27.4 Å². The number of rotatable bonds is 4. The Hall–Kier alpha value is -3.48. The number of carboxylic acid groups (broad SMARTS) is 1. The van der Waals surface area contributed by atoms with Crippen molar-refractivity contribution in [3.8, 4) is 5.69 Å². The fraction of sp³-hybridized carbons (Fsp3) is 0.111. The van der Waals surface area contributed by atoms with Crippen molar-refractivity contribution in [2.75, 3.05) is 0 Å². The van der Waals surface area contributed by atoms with Gasteiger partial charge in [0.15, 0.2) is 0 Å². The molecule has 0 saturated heterocycles. The van der Waals surface area contributed by atoms with Gasteiger partial charge in [0.1, 0.15) is 5.52 Å². The number of carbonyl (C=O) groups is 1. The zero-order chi connectivity index (χ0) is 17.4. The number of carboxylic acids is 1. The van der Waals surface area contributed by atoms with Crippen LogP contribution in [0.25, 0.3) is 16.7 Å². The summed E-state index contributed by atoms with van der Waals surface area (Å²) in [6, 6.07) is 11.0. The zero-order valence-corrected chi connectivity index (χ0v) is 13.5. The Morgan fingerprint density at radius 1 is 1.16 bits per heavy atom. The molecule has 0 fully saturated rings. The number of benzene rings is 2. The van der Waals surface area contributed by atoms with Gasteiger partial charge in [-0.3, -0.25) is 0 Å². The molecule has 0 bridgehead atoms. The SMILES string of the molecule is Cn1nnc2c(-n3ccnc3)cc(Cc3ccc(C(=O)O)cc3)cc21. The zero-order valence-electron chi connectivity index (χ0n) is 13.5. The van der Waals surface area contributed by atoms with E-state index in [9.17, 15) is 4.79 Å². The summed E-state index contributed by atoms with van der Waals surface area (Å²) in [5, 5.41) is 17.4. The highest BCUT2D eigenvalue weighted by Crippen LogP contribution is 2.24. The van der Waals surface area contributed by atoms with E-state index < -0.39 is 5.97 Å². The number of aromatic carboxylic acids is 1. The van der Waals surface area contributed by atoms with Gasteiger partial charge in [-0.05, 0) is 41.8 Å². The molecule has 25 heavy (non-hydrogen) atoms. The fourth-order valence-electron chi connectivity index (χ4n) is 2.87. The molecule has 0 aliphatic carbocycles. The molecule has 0 radical (unpaired) electrons. The second-order valence-electron chi connectivity index (χ2n) is 5.84. The average molecular weight is 333 g/mol. The van der Waals surface area contributed by atoms with Crippen LogP contribution in [0.5, 0.6) is 0 Å². The summed E-state index contributed by atoms with van der Waals surface area (Å²) in [4.78, 5) is 15.1. The third-order valence-electron chi connectivity index (χ3n) is 4.15. The number of aromatic nitrogens is 5. The van der Waals surface area contributed by atoms with E-state index in [1.807, 2.05) is 29.9 Å². The van der Waals surface area contributed by atoms with Gasteiger partial charge >= 0.3 is 5.97 Å². The fourth-order valence-corrected chi connectivity index (χ4v) is 2.87. The summed E-state index contributed by atoms with van der Waals surface area (Å²) in [5.41, 5.74) is 5.07. The van der Waals surface area contributed by atoms with Crippen molar-refractivity contribution in [1.29, 1.82) is 0 Å². The molecule has 0 unspecified atom stereocenters. The summed E-state index contributed by atoms with van der Waals surface area (Å²) in [6.07, 6.45) is 6.01. The third kappa shape index (κ3) is 2.76. The van der Waals surface area contributed by atoms with Crippen LogP contribution in [-0.2, 0) is 13.5 Å². The highest BCUT2D eigenvalue weighted by molar-refractivity contribution is 5.87. The quantitative estimate of drug-likeness (QED) is 0.620. The molecule has 4 rings (SSSR count). The monoisotopic (exact) mass is 333 g/mol. The average Bonchev–Trinajstić information content (AvgIpc) is 3.26. The highest BCUT2D eigenvalue weighted by atomic mass is 16.4. The second kappa shape index (κ2) is 5.86. The first-order valence-electron chi connectivity index (χ1n) is 7.75. The van der Waals surface area contributed by atoms with Gasteiger partial charge in [-0.25, -0.2) is 14.5 Å². The Bertz CT molecular complexity index is 1050. The van der Waals surface area contributed by atoms with E-state index in [4.69, 9.17) is 5.11 Å². The Labute approximate surface area is 143 Å². The second-order valence-corrected chi connectivity index (χ2v) is 5.84. The van der Waals surface area contributed by atoms with Crippen LogP contribution in [0.15, 0.2) is 55.1 Å². The van der Waals surface area contributed by atoms with Crippen LogP contribution in [0, 0.1) is 0 Å². The molecule has 4 aromatic rings. The van der Waals surface area contributed by atoms with Gasteiger partial charge in [0, 0.05) is 19.4 Å². The Balaban J connectivity index is 1.77. The first-order chi connectivity index (χ1) is 12.1. The van der Waals surface area contributed by atoms with E-state index in [0.717, 1.165) is 27.8 Å². The van der Waals surface area contributed by atoms with Gasteiger partial charge in [-0.1, -0.05) is 17.3 Å². The van der Waals surface area contributed by atoms with Crippen molar-refractivity contribution >= 4 is 17.0 Å². The minimum Gasteiger partial charge on any atom is -0.478 e. The van der Waals surface area contributed by atoms with E-state index in [1.54, 1.807) is 29.3 Å². The van der Waals surface area contributed by atoms with Crippen LogP contribution in [0.1, 0.15) is 21.5 Å². The minimum absolute atomic E-state index is 0.286. The standard InChI is InChI=1S/C18H15N5O2/c1-22-15-9-13(8-12-2-4-14(5-3-12)18(24)25)10-16(17(15)20-21-22)23-7-6-19-11-23/h2-7,9-11H,8H2,1H3,(H,24,25). The van der Waals surface area contributed by atoms with Gasteiger partial charge in [0.25, 0.3) is 0 Å². The lowest BCUT2D eigenvalue weighted by atomic mass is 10.0. The molecule has 2 aromatic heterocycles. The predicted molar refractivity (Wildman–Crippen MR) is 91.8 cm³/mol. The van der Waals surface area contributed by atoms with E-state index >= 15 is 0 Å². The van der Waals surface area contributed by atoms with Crippen molar-refractivity contribution in [2.24, 2.45) is 7.05 Å². The normalized spacial score (nSPS) is 11.1. The number of nitrogens with zero attached hydrogens (tertiary/aromatic N) is 5. The van der Waals surface area contributed by atoms with Crippen molar-refractivity contribution in [1.82, 2.24) is 24.5 Å². The Kier molecular flexibility index (Phi) is 3.53. The molecule has 2 aromatic carbocycles. The van der Waals surface area contributed by atoms with Gasteiger partial charge in [-0.2, -0.15) is 0 Å². The number of imidazole rings is 1. The van der Waals surface area contributed by atoms with Crippen molar-refractivity contribution in [2.45, 2.75) is 6.42 Å². The van der Waals surface area contributed by atoms with E-state index in [-0.39, 0.29) is 5.56 Å². The molecule has 0 saturated carbocycles. The van der Waals surface area contributed by atoms with Gasteiger partial charge in [0.05, 0.1) is 23.1 Å². The largest absolute Gasteiger partial charge is 0.478 e. The summed E-state index contributed by atoms with van der Waals surface area (Å²) < 4.78 is 3.65. The molecule has 0 aliphatic heterocycles. The number of fused-ring (bicyclic) bond motifs is 1. The van der Waals surface area contributed by atoms with Crippen LogP contribution in [0.3, 0.4) is 0 Å². The summed E-state index contributed by atoms with van der Waals surface area (Å²) in [7, 11) is 1.86. The van der Waals surface area contributed by atoms with Crippen LogP contribution in [-0.4, -0.2) is 35.6 Å². The number of aryl methyl sites for hydroxylation is 1. The maximum atomic E-state index is 11.0. The molecular weight excluding hydrogens is 318 g/mol. The lowest BCUT2D eigenvalue weighted by molar-refractivity contribution is 0.0697. The summed E-state index contributed by atoms with van der Waals surface area (Å²) >= 11 is 0. The molecule has 1 N–H and O–H groups in total. The number of hydrogen-bond donors (Lipinski definition) is 1. The van der Waals surface area contributed by atoms with Crippen LogP contribution >= 0.6 is 0 Å². The third-order valence-corrected chi connectivity index (χ3v) is 4.15. The maximum absolute atomic E-state index is 11.0. The van der Waals surface area contributed by atoms with E-state index in [1.165, 1.54) is 0 Å². The first kappa shape index (κ1) is 15.1. The maximum Gasteiger partial charge on any atom is 0.335 e. The van der Waals surface area contributed by atoms with Gasteiger partial charge in [-0.15, -0.1) is 5.10 Å². The van der Waals surface area contributed by atoms with Crippen LogP contribution in [0.4, 0.5) is 0 Å². The smallest absolute Gasteiger partial charge is 0.335 e. The van der Waals surface area contributed by atoms with Crippen molar-refractivity contribution < 1.29 is 9.90 Å². The first-order valence-corrected chi connectivity index (χ1v) is 7.75. The molecule has 0 atom stereocenters. The molecule has 7 nitrogen and oxygen atoms in total. The van der Waals surface area contributed by atoms with Crippen molar-refractivity contribution in [3.63, 3.8) is 0 Å². The molecular formula is C18H15N5O2. The van der Waals surface area contributed by atoms with Gasteiger partial charge < -0.3 is 9.67 Å². The lowest BCUT2D eigenvalue weighted by Gasteiger charge is -2.08. The van der Waals surface area contributed by atoms with Crippen LogP contribution in [0.2, 0.25) is 0 Å². The Morgan fingerprint density at radius 3 is 2.64 bits per heavy atom. The molecule has 2 heterocycles. The molecule has 0 aliphatic rings.